The van der Waals surface area contributed by atoms with Gasteiger partial charge in [-0.15, -0.1) is 0 Å². The number of hydrogen-bond donors (Lipinski definition) is 3. The highest BCUT2D eigenvalue weighted by Crippen LogP contribution is 2.49. The summed E-state index contributed by atoms with van der Waals surface area (Å²) >= 11 is 0. The van der Waals surface area contributed by atoms with Gasteiger partial charge in [0.05, 0.1) is 0 Å². The highest BCUT2D eigenvalue weighted by Gasteiger charge is 2.30. The van der Waals surface area contributed by atoms with Gasteiger partial charge >= 0.3 is 7.60 Å². The average Bonchev–Trinajstić information content (AvgIpc) is 2.44. The van der Waals surface area contributed by atoms with Crippen LogP contribution in [0.25, 0.3) is 0 Å². The maximum absolute atomic E-state index is 13.3. The zero-order chi connectivity index (χ0) is 16.2. The molecule has 0 spiro atoms. The summed E-state index contributed by atoms with van der Waals surface area (Å²) in [6.45, 7) is 2.37. The molecule has 0 saturated carbocycles. The van der Waals surface area contributed by atoms with E-state index in [1.807, 2.05) is 31.2 Å². The quantitative estimate of drug-likeness (QED) is 0.714. The fraction of sp³-hybridized carbons (Fsp3) is 0.250. The van der Waals surface area contributed by atoms with Crippen LogP contribution in [0.2, 0.25) is 0 Å². The van der Waals surface area contributed by atoms with Gasteiger partial charge in [0.15, 0.2) is 0 Å². The molecule has 0 aromatic heterocycles. The smallest absolute Gasteiger partial charge is 0.323 e. The van der Waals surface area contributed by atoms with Gasteiger partial charge in [0, 0.05) is 6.54 Å². The zero-order valence-corrected chi connectivity index (χ0v) is 13.1. The molecule has 2 aromatic rings. The van der Waals surface area contributed by atoms with Crippen LogP contribution in [-0.2, 0) is 11.0 Å². The zero-order valence-electron chi connectivity index (χ0n) is 12.2. The molecule has 0 radical (unpaired) electrons. The highest BCUT2D eigenvalue weighted by atomic mass is 31.2. The molecule has 0 amide bonds. The number of benzene rings is 2. The maximum atomic E-state index is 13.3. The van der Waals surface area contributed by atoms with Crippen LogP contribution in [0.1, 0.15) is 22.5 Å². The van der Waals surface area contributed by atoms with Crippen LogP contribution in [0.4, 0.5) is 4.39 Å². The van der Waals surface area contributed by atoms with E-state index in [1.165, 1.54) is 18.2 Å². The van der Waals surface area contributed by atoms with Crippen LogP contribution >= 0.6 is 7.60 Å². The molecule has 0 unspecified atom stereocenters. The fourth-order valence-electron chi connectivity index (χ4n) is 2.34. The van der Waals surface area contributed by atoms with E-state index in [2.05, 4.69) is 5.32 Å². The monoisotopic (exact) mass is 323 g/mol. The Morgan fingerprint density at radius 1 is 1.18 bits per heavy atom. The van der Waals surface area contributed by atoms with Crippen LogP contribution in [-0.4, -0.2) is 16.3 Å². The van der Waals surface area contributed by atoms with Crippen molar-refractivity contribution in [3.63, 3.8) is 0 Å². The van der Waals surface area contributed by atoms with E-state index in [0.29, 0.717) is 13.0 Å². The lowest BCUT2D eigenvalue weighted by molar-refractivity contribution is 0.348. The number of halogens is 1. The number of rotatable bonds is 6. The fourth-order valence-corrected chi connectivity index (χ4v) is 3.26. The van der Waals surface area contributed by atoms with Gasteiger partial charge in [-0.05, 0) is 42.2 Å². The third-order valence-electron chi connectivity index (χ3n) is 3.49. The van der Waals surface area contributed by atoms with Crippen molar-refractivity contribution in [3.05, 3.63) is 71.0 Å². The van der Waals surface area contributed by atoms with E-state index < -0.39 is 19.2 Å². The van der Waals surface area contributed by atoms with Crippen molar-refractivity contribution in [3.8, 4) is 0 Å². The predicted octanol–water partition coefficient (Wildman–Crippen LogP) is 3.14. The lowest BCUT2D eigenvalue weighted by Crippen LogP contribution is -2.24. The van der Waals surface area contributed by atoms with E-state index in [1.54, 1.807) is 0 Å². The normalized spacial score (nSPS) is 13.1. The molecule has 118 valence electrons. The van der Waals surface area contributed by atoms with E-state index in [0.717, 1.165) is 17.2 Å². The summed E-state index contributed by atoms with van der Waals surface area (Å²) in [6.07, 6.45) is 0.637. The van der Waals surface area contributed by atoms with E-state index >= 15 is 0 Å². The molecule has 0 aliphatic heterocycles. The molecule has 2 aromatic carbocycles. The molecular formula is C16H19FNO3P. The van der Waals surface area contributed by atoms with Crippen molar-refractivity contribution in [1.82, 2.24) is 5.32 Å². The van der Waals surface area contributed by atoms with Gasteiger partial charge in [-0.2, -0.15) is 0 Å². The Balaban J connectivity index is 2.09. The number of aryl methyl sites for hydroxylation is 1. The summed E-state index contributed by atoms with van der Waals surface area (Å²) in [6, 6.07) is 13.2. The Bertz CT molecular complexity index is 687. The minimum atomic E-state index is -4.43. The van der Waals surface area contributed by atoms with Crippen molar-refractivity contribution in [2.75, 3.05) is 6.54 Å². The third kappa shape index (κ3) is 4.49. The maximum Gasteiger partial charge on any atom is 0.346 e. The Morgan fingerprint density at radius 2 is 1.91 bits per heavy atom. The number of hydrogen-bond acceptors (Lipinski definition) is 2. The molecule has 6 heteroatoms. The van der Waals surface area contributed by atoms with Gasteiger partial charge in [-0.1, -0.05) is 36.4 Å². The Labute approximate surface area is 129 Å². The second-order valence-corrected chi connectivity index (χ2v) is 6.87. The Kier molecular flexibility index (Phi) is 5.48. The SMILES string of the molecule is Cc1ccccc1CCN[C@H](c1cccc(F)c1)P(=O)(O)O. The lowest BCUT2D eigenvalue weighted by Gasteiger charge is -2.20. The first-order valence-electron chi connectivity index (χ1n) is 6.96. The van der Waals surface area contributed by atoms with Crippen LogP contribution in [0.5, 0.6) is 0 Å². The van der Waals surface area contributed by atoms with Crippen molar-refractivity contribution >= 4 is 7.60 Å². The molecule has 0 bridgehead atoms. The van der Waals surface area contributed by atoms with E-state index in [-0.39, 0.29) is 5.56 Å². The van der Waals surface area contributed by atoms with Gasteiger partial charge in [0.2, 0.25) is 0 Å². The number of nitrogens with one attached hydrogen (secondary N) is 1. The van der Waals surface area contributed by atoms with Crippen molar-refractivity contribution in [1.29, 1.82) is 0 Å². The summed E-state index contributed by atoms with van der Waals surface area (Å²) in [5.74, 6) is -1.72. The topological polar surface area (TPSA) is 69.6 Å². The van der Waals surface area contributed by atoms with Crippen LogP contribution in [0.3, 0.4) is 0 Å². The summed E-state index contributed by atoms with van der Waals surface area (Å²) in [5.41, 5.74) is 2.49. The molecule has 22 heavy (non-hydrogen) atoms. The highest BCUT2D eigenvalue weighted by molar-refractivity contribution is 7.52. The van der Waals surface area contributed by atoms with Gasteiger partial charge in [0.1, 0.15) is 11.6 Å². The molecule has 3 N–H and O–H groups in total. The van der Waals surface area contributed by atoms with Gasteiger partial charge < -0.3 is 9.79 Å². The van der Waals surface area contributed by atoms with Crippen LogP contribution < -0.4 is 5.32 Å². The summed E-state index contributed by atoms with van der Waals surface area (Å²) in [5, 5.41) is 2.85. The minimum Gasteiger partial charge on any atom is -0.323 e. The molecule has 4 nitrogen and oxygen atoms in total. The van der Waals surface area contributed by atoms with Gasteiger partial charge in [-0.3, -0.25) is 9.88 Å². The largest absolute Gasteiger partial charge is 0.346 e. The third-order valence-corrected chi connectivity index (χ3v) is 4.65. The average molecular weight is 323 g/mol. The second-order valence-electron chi connectivity index (χ2n) is 5.18. The van der Waals surface area contributed by atoms with Crippen molar-refractivity contribution in [2.24, 2.45) is 0 Å². The summed E-state index contributed by atoms with van der Waals surface area (Å²) < 4.78 is 24.9. The first-order chi connectivity index (χ1) is 10.4. The molecule has 0 fully saturated rings. The molecule has 0 heterocycles. The van der Waals surface area contributed by atoms with E-state index in [9.17, 15) is 18.7 Å². The first kappa shape index (κ1) is 16.8. The summed E-state index contributed by atoms with van der Waals surface area (Å²) in [7, 11) is -4.43. The van der Waals surface area contributed by atoms with Crippen molar-refractivity contribution in [2.45, 2.75) is 19.1 Å². The molecule has 0 saturated heterocycles. The van der Waals surface area contributed by atoms with E-state index in [4.69, 9.17) is 0 Å². The summed E-state index contributed by atoms with van der Waals surface area (Å²) in [4.78, 5) is 19.0. The van der Waals surface area contributed by atoms with Crippen LogP contribution in [0.15, 0.2) is 48.5 Å². The minimum absolute atomic E-state index is 0.248. The molecular weight excluding hydrogens is 304 g/mol. The molecule has 0 aliphatic rings. The lowest BCUT2D eigenvalue weighted by atomic mass is 10.1. The van der Waals surface area contributed by atoms with Crippen molar-refractivity contribution < 1.29 is 18.7 Å². The Morgan fingerprint density at radius 3 is 2.55 bits per heavy atom. The standard InChI is InChI=1S/C16H19FNO3P/c1-12-5-2-3-6-13(12)9-10-18-16(22(19,20)21)14-7-4-8-15(17)11-14/h2-8,11,16,18H,9-10H2,1H3,(H2,19,20,21)/t16-/m0/s1. The second kappa shape index (κ2) is 7.16. The Hall–Kier alpha value is -1.52. The predicted molar refractivity (Wildman–Crippen MR) is 84.1 cm³/mol. The van der Waals surface area contributed by atoms with Crippen LogP contribution in [0, 0.1) is 12.7 Å². The molecule has 2 rings (SSSR count). The van der Waals surface area contributed by atoms with Gasteiger partial charge in [-0.25, -0.2) is 4.39 Å². The first-order valence-corrected chi connectivity index (χ1v) is 8.64. The molecule has 0 aliphatic carbocycles. The van der Waals surface area contributed by atoms with Gasteiger partial charge in [0.25, 0.3) is 0 Å². The molecule has 1 atom stereocenters.